The van der Waals surface area contributed by atoms with Gasteiger partial charge in [0.25, 0.3) is 0 Å². The Balaban J connectivity index is 1.43. The lowest BCUT2D eigenvalue weighted by Crippen LogP contribution is -2.26. The maximum atomic E-state index is 12.0. The van der Waals surface area contributed by atoms with E-state index in [1.165, 1.54) is 24.8 Å². The number of benzene rings is 2. The topological polar surface area (TPSA) is 140 Å². The molecule has 178 valence electrons. The fourth-order valence-electron chi connectivity index (χ4n) is 3.86. The molecule has 12 heteroatoms. The van der Waals surface area contributed by atoms with Crippen molar-refractivity contribution in [3.05, 3.63) is 82.3 Å². The van der Waals surface area contributed by atoms with Crippen LogP contribution in [0.25, 0.3) is 33.1 Å². The lowest BCUT2D eigenvalue weighted by Gasteiger charge is -2.10. The number of nitrogens with zero attached hydrogens (tertiary/aromatic N) is 6. The predicted octanol–water partition coefficient (Wildman–Crippen LogP) is 4.12. The molecule has 0 bridgehead atoms. The van der Waals surface area contributed by atoms with Crippen LogP contribution in [0, 0.1) is 10.4 Å². The SMILES string of the molecule is CCc1[nH]c2nc(Oc3ccc4c(c3)ncc[n+]4[O-])nc(Oc3ccc4c(c3)ncc[n+]4[O-])c2c1Cl. The Kier molecular flexibility index (Phi) is 5.11. The van der Waals surface area contributed by atoms with Crippen LogP contribution in [0.2, 0.25) is 5.02 Å². The number of aryl methyl sites for hydroxylation is 1. The van der Waals surface area contributed by atoms with Gasteiger partial charge in [0.2, 0.25) is 16.9 Å². The summed E-state index contributed by atoms with van der Waals surface area (Å²) in [5, 5.41) is 24.8. The van der Waals surface area contributed by atoms with Gasteiger partial charge in [0.15, 0.2) is 12.4 Å². The number of fused-ring (bicyclic) bond motifs is 3. The lowest BCUT2D eigenvalue weighted by atomic mass is 10.3. The predicted molar refractivity (Wildman–Crippen MR) is 130 cm³/mol. The van der Waals surface area contributed by atoms with Crippen molar-refractivity contribution in [3.8, 4) is 23.4 Å². The number of rotatable bonds is 5. The first kappa shape index (κ1) is 21.7. The number of aromatic nitrogens is 7. The number of hydrogen-bond acceptors (Lipinski definition) is 8. The highest BCUT2D eigenvalue weighted by molar-refractivity contribution is 6.36. The third kappa shape index (κ3) is 3.71. The summed E-state index contributed by atoms with van der Waals surface area (Å²) in [5.41, 5.74) is 2.92. The fraction of sp³-hybridized carbons (Fsp3) is 0.0833. The van der Waals surface area contributed by atoms with Crippen molar-refractivity contribution in [3.63, 3.8) is 0 Å². The van der Waals surface area contributed by atoms with Crippen LogP contribution in [-0.4, -0.2) is 24.9 Å². The summed E-state index contributed by atoms with van der Waals surface area (Å²) >= 11 is 6.61. The second-order valence-corrected chi connectivity index (χ2v) is 8.20. The second kappa shape index (κ2) is 8.47. The Hall–Kier alpha value is -4.77. The number of halogens is 1. The average molecular weight is 502 g/mol. The summed E-state index contributed by atoms with van der Waals surface area (Å²) in [7, 11) is 0. The van der Waals surface area contributed by atoms with Crippen molar-refractivity contribution in [2.24, 2.45) is 0 Å². The molecule has 0 saturated carbocycles. The Morgan fingerprint density at radius 1 is 0.889 bits per heavy atom. The third-order valence-electron chi connectivity index (χ3n) is 5.59. The van der Waals surface area contributed by atoms with Crippen LogP contribution in [0.5, 0.6) is 23.4 Å². The summed E-state index contributed by atoms with van der Waals surface area (Å²) in [6.07, 6.45) is 6.11. The van der Waals surface area contributed by atoms with E-state index in [1.54, 1.807) is 36.4 Å². The molecule has 11 nitrogen and oxygen atoms in total. The summed E-state index contributed by atoms with van der Waals surface area (Å²) in [6.45, 7) is 1.96. The van der Waals surface area contributed by atoms with E-state index in [1.807, 2.05) is 6.92 Å². The van der Waals surface area contributed by atoms with Crippen LogP contribution >= 0.6 is 11.6 Å². The minimum atomic E-state index is -0.000310. The number of hydrogen-bond donors (Lipinski definition) is 1. The number of ether oxygens (including phenoxy) is 2. The smallest absolute Gasteiger partial charge is 0.327 e. The van der Waals surface area contributed by atoms with Crippen LogP contribution in [-0.2, 0) is 6.42 Å². The molecule has 1 N–H and O–H groups in total. The van der Waals surface area contributed by atoms with Gasteiger partial charge in [-0.1, -0.05) is 18.5 Å². The molecule has 0 amide bonds. The van der Waals surface area contributed by atoms with E-state index in [0.717, 1.165) is 15.2 Å². The van der Waals surface area contributed by atoms with Gasteiger partial charge in [0.05, 0.1) is 17.4 Å². The van der Waals surface area contributed by atoms with Gasteiger partial charge in [-0.05, 0) is 18.6 Å². The van der Waals surface area contributed by atoms with Crippen molar-refractivity contribution in [1.82, 2.24) is 24.9 Å². The van der Waals surface area contributed by atoms with Gasteiger partial charge in [0, 0.05) is 30.0 Å². The molecule has 0 radical (unpaired) electrons. The van der Waals surface area contributed by atoms with Crippen LogP contribution in [0.1, 0.15) is 12.6 Å². The average Bonchev–Trinajstić information content (AvgIpc) is 3.20. The zero-order chi connectivity index (χ0) is 24.8. The number of H-pyrrole nitrogens is 1. The van der Waals surface area contributed by atoms with Gasteiger partial charge in [-0.3, -0.25) is 0 Å². The summed E-state index contributed by atoms with van der Waals surface area (Å²) < 4.78 is 13.5. The molecule has 2 aromatic carbocycles. The molecule has 6 aromatic rings. The minimum Gasteiger partial charge on any atom is -0.618 e. The Morgan fingerprint density at radius 3 is 2.11 bits per heavy atom. The van der Waals surface area contributed by atoms with E-state index in [4.69, 9.17) is 21.1 Å². The van der Waals surface area contributed by atoms with Crippen molar-refractivity contribution >= 4 is 44.7 Å². The third-order valence-corrected chi connectivity index (χ3v) is 6.00. The summed E-state index contributed by atoms with van der Waals surface area (Å²) in [4.78, 5) is 20.5. The normalized spacial score (nSPS) is 11.4. The standard InChI is InChI=1S/C24H16ClN7O4/c1-2-15-21(25)20-22(28-15)29-24(36-14-4-6-19-17(12-14)27-8-10-32(19)34)30-23(20)35-13-3-5-18-16(11-13)26-7-9-31(18)33/h3-12H,2H2,1H3,(H,28,29,30). The maximum Gasteiger partial charge on any atom is 0.327 e. The van der Waals surface area contributed by atoms with E-state index in [9.17, 15) is 10.4 Å². The first-order valence-electron chi connectivity index (χ1n) is 10.9. The van der Waals surface area contributed by atoms with Crippen molar-refractivity contribution in [2.75, 3.05) is 0 Å². The highest BCUT2D eigenvalue weighted by Gasteiger charge is 2.20. The molecule has 0 atom stereocenters. The quantitative estimate of drug-likeness (QED) is 0.275. The minimum absolute atomic E-state index is 0.000310. The first-order valence-corrected chi connectivity index (χ1v) is 11.3. The van der Waals surface area contributed by atoms with Crippen molar-refractivity contribution in [1.29, 1.82) is 0 Å². The molecule has 0 fully saturated rings. The van der Waals surface area contributed by atoms with Gasteiger partial charge >= 0.3 is 6.01 Å². The molecule has 6 rings (SSSR count). The van der Waals surface area contributed by atoms with Crippen molar-refractivity contribution in [2.45, 2.75) is 13.3 Å². The molecular formula is C24H16ClN7O4. The molecule has 0 aliphatic carbocycles. The Morgan fingerprint density at radius 2 is 1.50 bits per heavy atom. The Labute approximate surface area is 207 Å². The van der Waals surface area contributed by atoms with E-state index in [0.29, 0.717) is 56.0 Å². The molecule has 4 heterocycles. The monoisotopic (exact) mass is 501 g/mol. The highest BCUT2D eigenvalue weighted by atomic mass is 35.5. The van der Waals surface area contributed by atoms with Crippen LogP contribution in [0.15, 0.2) is 61.2 Å². The molecule has 36 heavy (non-hydrogen) atoms. The number of nitrogens with one attached hydrogen (secondary N) is 1. The van der Waals surface area contributed by atoms with Crippen LogP contribution < -0.4 is 18.9 Å². The fourth-order valence-corrected chi connectivity index (χ4v) is 4.21. The lowest BCUT2D eigenvalue weighted by molar-refractivity contribution is -0.577. The van der Waals surface area contributed by atoms with Crippen molar-refractivity contribution < 1.29 is 18.9 Å². The number of aromatic amines is 1. The molecule has 0 aliphatic rings. The van der Waals surface area contributed by atoms with Crippen LogP contribution in [0.4, 0.5) is 0 Å². The van der Waals surface area contributed by atoms with E-state index < -0.39 is 0 Å². The highest BCUT2D eigenvalue weighted by Crippen LogP contribution is 2.37. The molecule has 0 unspecified atom stereocenters. The Bertz CT molecular complexity index is 1790. The van der Waals surface area contributed by atoms with Gasteiger partial charge < -0.3 is 24.9 Å². The van der Waals surface area contributed by atoms with E-state index in [-0.39, 0.29) is 11.9 Å². The molecule has 0 spiro atoms. The largest absolute Gasteiger partial charge is 0.618 e. The van der Waals surface area contributed by atoms with Gasteiger partial charge in [-0.2, -0.15) is 19.4 Å². The van der Waals surface area contributed by atoms with Gasteiger partial charge in [0.1, 0.15) is 33.6 Å². The molecule has 0 saturated heterocycles. The second-order valence-electron chi connectivity index (χ2n) is 7.82. The summed E-state index contributed by atoms with van der Waals surface area (Å²) in [5.74, 6) is 0.949. The molecule has 0 aliphatic heterocycles. The first-order chi connectivity index (χ1) is 17.5. The van der Waals surface area contributed by atoms with E-state index >= 15 is 0 Å². The van der Waals surface area contributed by atoms with E-state index in [2.05, 4.69) is 24.9 Å². The zero-order valence-corrected chi connectivity index (χ0v) is 19.4. The van der Waals surface area contributed by atoms with Gasteiger partial charge in [-0.25, -0.2) is 9.97 Å². The summed E-state index contributed by atoms with van der Waals surface area (Å²) in [6, 6.07) is 9.73. The zero-order valence-electron chi connectivity index (χ0n) is 18.7. The van der Waals surface area contributed by atoms with Gasteiger partial charge in [-0.15, -0.1) is 0 Å². The molecular weight excluding hydrogens is 486 g/mol. The van der Waals surface area contributed by atoms with Crippen LogP contribution in [0.3, 0.4) is 0 Å². The molecule has 4 aromatic heterocycles. The maximum absolute atomic E-state index is 12.0.